The van der Waals surface area contributed by atoms with E-state index in [1.165, 1.54) is 7.11 Å². The summed E-state index contributed by atoms with van der Waals surface area (Å²) >= 11 is 0. The van der Waals surface area contributed by atoms with Gasteiger partial charge in [0.05, 0.1) is 7.11 Å². The summed E-state index contributed by atoms with van der Waals surface area (Å²) in [5, 5.41) is 0. The summed E-state index contributed by atoms with van der Waals surface area (Å²) in [7, 11) is 1.43. The van der Waals surface area contributed by atoms with Crippen molar-refractivity contribution in [2.45, 2.75) is 26.7 Å². The number of allylic oxidation sites excluding steroid dienone is 1. The van der Waals surface area contributed by atoms with Gasteiger partial charge in [0.2, 0.25) is 0 Å². The summed E-state index contributed by atoms with van der Waals surface area (Å²) < 4.78 is 4.86. The van der Waals surface area contributed by atoms with Gasteiger partial charge in [-0.15, -0.1) is 0 Å². The third kappa shape index (κ3) is 2.72. The number of hydrogen-bond donors (Lipinski definition) is 0. The van der Waals surface area contributed by atoms with Gasteiger partial charge < -0.3 is 4.74 Å². The minimum atomic E-state index is -0.281. The molecule has 16 heavy (non-hydrogen) atoms. The highest BCUT2D eigenvalue weighted by Crippen LogP contribution is 2.27. The third-order valence-electron chi connectivity index (χ3n) is 2.79. The molecule has 0 saturated heterocycles. The molecule has 0 aromatic heterocycles. The summed E-state index contributed by atoms with van der Waals surface area (Å²) in [6, 6.07) is 9.71. The second-order valence-electron chi connectivity index (χ2n) is 4.05. The first-order valence-electron chi connectivity index (χ1n) is 5.34. The maximum absolute atomic E-state index is 11.8. The normalized spacial score (nSPS) is 11.8. The van der Waals surface area contributed by atoms with E-state index in [0.717, 1.165) is 16.7 Å². The number of benzene rings is 1. The van der Waals surface area contributed by atoms with E-state index in [4.69, 9.17) is 4.74 Å². The molecule has 0 spiro atoms. The Morgan fingerprint density at radius 1 is 1.12 bits per heavy atom. The van der Waals surface area contributed by atoms with Crippen LogP contribution in [0.4, 0.5) is 0 Å². The number of carbonyl (C=O) groups excluding carboxylic acids is 1. The van der Waals surface area contributed by atoms with E-state index in [1.807, 2.05) is 51.1 Å². The lowest BCUT2D eigenvalue weighted by molar-refractivity contribution is -0.141. The van der Waals surface area contributed by atoms with Crippen LogP contribution in [-0.2, 0) is 9.53 Å². The summed E-state index contributed by atoms with van der Waals surface area (Å²) in [6.07, 6.45) is 0. The molecular weight excluding hydrogens is 200 g/mol. The molecule has 0 radical (unpaired) electrons. The van der Waals surface area contributed by atoms with Crippen molar-refractivity contribution in [1.82, 2.24) is 0 Å². The Bertz CT molecular complexity index is 386. The molecule has 0 fully saturated rings. The van der Waals surface area contributed by atoms with Gasteiger partial charge >= 0.3 is 5.97 Å². The average Bonchev–Trinajstić information content (AvgIpc) is 2.30. The fourth-order valence-electron chi connectivity index (χ4n) is 1.61. The van der Waals surface area contributed by atoms with Crippen LogP contribution in [0.15, 0.2) is 41.5 Å². The van der Waals surface area contributed by atoms with Gasteiger partial charge in [-0.05, 0) is 26.3 Å². The van der Waals surface area contributed by atoms with Crippen molar-refractivity contribution < 1.29 is 9.53 Å². The second kappa shape index (κ2) is 5.50. The standard InChI is InChI=1S/C14H18O2/c1-10(2)11(3)13(14(15)16-4)12-8-6-5-7-9-12/h5-9,13H,1-4H3. The fraction of sp³-hybridized carbons (Fsp3) is 0.357. The van der Waals surface area contributed by atoms with Crippen molar-refractivity contribution in [3.63, 3.8) is 0 Å². The van der Waals surface area contributed by atoms with Gasteiger partial charge in [0.1, 0.15) is 5.92 Å². The monoisotopic (exact) mass is 218 g/mol. The molecule has 1 unspecified atom stereocenters. The highest BCUT2D eigenvalue weighted by molar-refractivity contribution is 5.81. The SMILES string of the molecule is COC(=O)C(C(C)=C(C)C)c1ccccc1. The first-order valence-corrected chi connectivity index (χ1v) is 5.34. The molecule has 0 amide bonds. The zero-order valence-electron chi connectivity index (χ0n) is 10.3. The topological polar surface area (TPSA) is 26.3 Å². The van der Waals surface area contributed by atoms with Crippen LogP contribution >= 0.6 is 0 Å². The van der Waals surface area contributed by atoms with Crippen LogP contribution in [-0.4, -0.2) is 13.1 Å². The Morgan fingerprint density at radius 2 is 1.69 bits per heavy atom. The molecule has 0 aliphatic carbocycles. The lowest BCUT2D eigenvalue weighted by Crippen LogP contribution is -2.16. The Labute approximate surface area is 96.9 Å². The van der Waals surface area contributed by atoms with Gasteiger partial charge in [-0.3, -0.25) is 4.79 Å². The van der Waals surface area contributed by atoms with Gasteiger partial charge in [0.15, 0.2) is 0 Å². The van der Waals surface area contributed by atoms with E-state index in [-0.39, 0.29) is 11.9 Å². The van der Waals surface area contributed by atoms with Crippen molar-refractivity contribution in [2.75, 3.05) is 7.11 Å². The second-order valence-corrected chi connectivity index (χ2v) is 4.05. The van der Waals surface area contributed by atoms with E-state index in [0.29, 0.717) is 0 Å². The van der Waals surface area contributed by atoms with Gasteiger partial charge in [-0.25, -0.2) is 0 Å². The lowest BCUT2D eigenvalue weighted by Gasteiger charge is -2.17. The van der Waals surface area contributed by atoms with Gasteiger partial charge in [0, 0.05) is 0 Å². The predicted molar refractivity (Wildman–Crippen MR) is 65.2 cm³/mol. The van der Waals surface area contributed by atoms with Crippen molar-refractivity contribution in [3.05, 3.63) is 47.0 Å². The quantitative estimate of drug-likeness (QED) is 0.574. The van der Waals surface area contributed by atoms with Crippen LogP contribution in [0.2, 0.25) is 0 Å². The Hall–Kier alpha value is -1.57. The summed E-state index contributed by atoms with van der Waals surface area (Å²) in [4.78, 5) is 11.8. The molecule has 0 saturated carbocycles. The number of hydrogen-bond acceptors (Lipinski definition) is 2. The molecule has 2 heteroatoms. The molecule has 1 aromatic rings. The third-order valence-corrected chi connectivity index (χ3v) is 2.79. The first-order chi connectivity index (χ1) is 7.57. The van der Waals surface area contributed by atoms with Crippen LogP contribution in [0.5, 0.6) is 0 Å². The van der Waals surface area contributed by atoms with Gasteiger partial charge in [-0.2, -0.15) is 0 Å². The summed E-state index contributed by atoms with van der Waals surface area (Å²) in [5.41, 5.74) is 3.19. The van der Waals surface area contributed by atoms with E-state index >= 15 is 0 Å². The molecule has 1 atom stereocenters. The van der Waals surface area contributed by atoms with Crippen molar-refractivity contribution >= 4 is 5.97 Å². The molecule has 0 bridgehead atoms. The molecule has 1 rings (SSSR count). The minimum absolute atomic E-state index is 0.204. The minimum Gasteiger partial charge on any atom is -0.468 e. The number of rotatable bonds is 3. The molecule has 86 valence electrons. The summed E-state index contributed by atoms with van der Waals surface area (Å²) in [6.45, 7) is 5.99. The average molecular weight is 218 g/mol. The van der Waals surface area contributed by atoms with E-state index in [9.17, 15) is 4.79 Å². The van der Waals surface area contributed by atoms with Crippen molar-refractivity contribution in [3.8, 4) is 0 Å². The van der Waals surface area contributed by atoms with Crippen molar-refractivity contribution in [2.24, 2.45) is 0 Å². The fourth-order valence-corrected chi connectivity index (χ4v) is 1.61. The molecule has 0 N–H and O–H groups in total. The Kier molecular flexibility index (Phi) is 4.29. The molecule has 0 aliphatic heterocycles. The largest absolute Gasteiger partial charge is 0.468 e. The molecule has 2 nitrogen and oxygen atoms in total. The maximum atomic E-state index is 11.8. The van der Waals surface area contributed by atoms with Crippen LogP contribution in [0.1, 0.15) is 32.3 Å². The van der Waals surface area contributed by atoms with Crippen LogP contribution in [0.25, 0.3) is 0 Å². The molecule has 0 aliphatic rings. The molecular formula is C14H18O2. The predicted octanol–water partition coefficient (Wildman–Crippen LogP) is 3.30. The van der Waals surface area contributed by atoms with E-state index < -0.39 is 0 Å². The van der Waals surface area contributed by atoms with Gasteiger partial charge in [-0.1, -0.05) is 41.5 Å². The molecule has 0 heterocycles. The van der Waals surface area contributed by atoms with Crippen LogP contribution in [0.3, 0.4) is 0 Å². The lowest BCUT2D eigenvalue weighted by atomic mass is 9.89. The number of carbonyl (C=O) groups is 1. The molecule has 1 aromatic carbocycles. The van der Waals surface area contributed by atoms with E-state index in [2.05, 4.69) is 0 Å². The summed E-state index contributed by atoms with van der Waals surface area (Å²) in [5.74, 6) is -0.485. The Morgan fingerprint density at radius 3 is 2.12 bits per heavy atom. The zero-order chi connectivity index (χ0) is 12.1. The number of methoxy groups -OCH3 is 1. The smallest absolute Gasteiger partial charge is 0.317 e. The van der Waals surface area contributed by atoms with E-state index in [1.54, 1.807) is 0 Å². The van der Waals surface area contributed by atoms with Gasteiger partial charge in [0.25, 0.3) is 0 Å². The Balaban J connectivity index is 3.17. The van der Waals surface area contributed by atoms with Crippen LogP contribution in [0, 0.1) is 0 Å². The number of esters is 1. The van der Waals surface area contributed by atoms with Crippen molar-refractivity contribution in [1.29, 1.82) is 0 Å². The maximum Gasteiger partial charge on any atom is 0.317 e. The van der Waals surface area contributed by atoms with Crippen LogP contribution < -0.4 is 0 Å². The highest BCUT2D eigenvalue weighted by atomic mass is 16.5. The zero-order valence-corrected chi connectivity index (χ0v) is 10.3. The highest BCUT2D eigenvalue weighted by Gasteiger charge is 2.23. The number of ether oxygens (including phenoxy) is 1. The first kappa shape index (κ1) is 12.5.